The Morgan fingerprint density at radius 1 is 1.29 bits per heavy atom. The average Bonchev–Trinajstić information content (AvgIpc) is 2.44. The standard InChI is InChI=1S/C15H18ClFN4/c1-3-21(8-10-6-4-5-9(2)20-10)15-12(19)7-11(18)13(16)14(15)17/h4-7H,3,8,18-19H2,1-2H3. The molecule has 112 valence electrons. The lowest BCUT2D eigenvalue weighted by Gasteiger charge is -2.25. The summed E-state index contributed by atoms with van der Waals surface area (Å²) in [6.07, 6.45) is 0. The van der Waals surface area contributed by atoms with Gasteiger partial charge in [-0.15, -0.1) is 0 Å². The number of nitrogens with zero attached hydrogens (tertiary/aromatic N) is 2. The van der Waals surface area contributed by atoms with Crippen molar-refractivity contribution in [3.05, 3.63) is 46.5 Å². The van der Waals surface area contributed by atoms with Gasteiger partial charge in [0, 0.05) is 12.2 Å². The van der Waals surface area contributed by atoms with Crippen LogP contribution in [0.2, 0.25) is 5.02 Å². The van der Waals surface area contributed by atoms with Crippen molar-refractivity contribution in [3.63, 3.8) is 0 Å². The zero-order valence-electron chi connectivity index (χ0n) is 12.0. The Labute approximate surface area is 128 Å². The smallest absolute Gasteiger partial charge is 0.169 e. The summed E-state index contributed by atoms with van der Waals surface area (Å²) in [5.74, 6) is -0.594. The van der Waals surface area contributed by atoms with E-state index in [9.17, 15) is 4.39 Å². The lowest BCUT2D eigenvalue weighted by molar-refractivity contribution is 0.619. The van der Waals surface area contributed by atoms with Gasteiger partial charge in [0.2, 0.25) is 0 Å². The highest BCUT2D eigenvalue weighted by Crippen LogP contribution is 2.36. The molecule has 0 unspecified atom stereocenters. The molecular weight excluding hydrogens is 291 g/mol. The third kappa shape index (κ3) is 3.19. The van der Waals surface area contributed by atoms with Crippen LogP contribution in [0.1, 0.15) is 18.3 Å². The number of hydrogen-bond donors (Lipinski definition) is 2. The van der Waals surface area contributed by atoms with Crippen LogP contribution < -0.4 is 16.4 Å². The average molecular weight is 309 g/mol. The topological polar surface area (TPSA) is 68.2 Å². The molecule has 0 spiro atoms. The van der Waals surface area contributed by atoms with E-state index in [1.165, 1.54) is 6.07 Å². The zero-order chi connectivity index (χ0) is 15.6. The number of anilines is 3. The van der Waals surface area contributed by atoms with Gasteiger partial charge in [-0.05, 0) is 32.0 Å². The fraction of sp³-hybridized carbons (Fsp3) is 0.267. The molecule has 0 fully saturated rings. The first-order chi connectivity index (χ1) is 9.93. The number of halogens is 2. The summed E-state index contributed by atoms with van der Waals surface area (Å²) in [7, 11) is 0. The van der Waals surface area contributed by atoms with Crippen LogP contribution in [-0.4, -0.2) is 11.5 Å². The second-order valence-electron chi connectivity index (χ2n) is 4.82. The number of nitrogens with two attached hydrogens (primary N) is 2. The summed E-state index contributed by atoms with van der Waals surface area (Å²) in [6, 6.07) is 7.20. The molecule has 0 saturated heterocycles. The van der Waals surface area contributed by atoms with E-state index in [-0.39, 0.29) is 22.1 Å². The molecule has 6 heteroatoms. The van der Waals surface area contributed by atoms with Crippen molar-refractivity contribution >= 4 is 28.7 Å². The first-order valence-electron chi connectivity index (χ1n) is 6.64. The summed E-state index contributed by atoms with van der Waals surface area (Å²) in [6.45, 7) is 4.84. The molecule has 1 aromatic carbocycles. The lowest BCUT2D eigenvalue weighted by Crippen LogP contribution is -2.25. The number of hydrogen-bond acceptors (Lipinski definition) is 4. The number of aromatic nitrogens is 1. The highest BCUT2D eigenvalue weighted by atomic mass is 35.5. The van der Waals surface area contributed by atoms with E-state index in [1.54, 1.807) is 4.90 Å². The van der Waals surface area contributed by atoms with Crippen molar-refractivity contribution in [1.82, 2.24) is 4.98 Å². The third-order valence-corrected chi connectivity index (χ3v) is 3.62. The van der Waals surface area contributed by atoms with E-state index in [4.69, 9.17) is 23.1 Å². The molecule has 0 saturated carbocycles. The SMILES string of the molecule is CCN(Cc1cccc(C)n1)c1c(N)cc(N)c(Cl)c1F. The highest BCUT2D eigenvalue weighted by molar-refractivity contribution is 6.33. The van der Waals surface area contributed by atoms with Crippen LogP contribution >= 0.6 is 11.6 Å². The monoisotopic (exact) mass is 308 g/mol. The van der Waals surface area contributed by atoms with Gasteiger partial charge in [0.05, 0.1) is 29.3 Å². The molecule has 0 radical (unpaired) electrons. The van der Waals surface area contributed by atoms with Gasteiger partial charge < -0.3 is 16.4 Å². The van der Waals surface area contributed by atoms with E-state index in [0.29, 0.717) is 13.1 Å². The fourth-order valence-corrected chi connectivity index (χ4v) is 2.35. The maximum Gasteiger partial charge on any atom is 0.169 e. The highest BCUT2D eigenvalue weighted by Gasteiger charge is 2.19. The summed E-state index contributed by atoms with van der Waals surface area (Å²) in [4.78, 5) is 6.21. The quantitative estimate of drug-likeness (QED) is 0.850. The van der Waals surface area contributed by atoms with E-state index >= 15 is 0 Å². The molecule has 0 aliphatic heterocycles. The van der Waals surface area contributed by atoms with Crippen molar-refractivity contribution in [2.24, 2.45) is 0 Å². The maximum atomic E-state index is 14.4. The first kappa shape index (κ1) is 15.4. The van der Waals surface area contributed by atoms with Gasteiger partial charge in [0.1, 0.15) is 5.02 Å². The van der Waals surface area contributed by atoms with Crippen molar-refractivity contribution in [2.45, 2.75) is 20.4 Å². The predicted octanol–water partition coefficient (Wildman–Crippen LogP) is 3.37. The Morgan fingerprint density at radius 2 is 2.00 bits per heavy atom. The largest absolute Gasteiger partial charge is 0.397 e. The van der Waals surface area contributed by atoms with Crippen molar-refractivity contribution in [1.29, 1.82) is 0 Å². The fourth-order valence-electron chi connectivity index (χ4n) is 2.21. The summed E-state index contributed by atoms with van der Waals surface area (Å²) in [5.41, 5.74) is 13.9. The second kappa shape index (κ2) is 6.18. The van der Waals surface area contributed by atoms with Crippen LogP contribution in [0.4, 0.5) is 21.5 Å². The van der Waals surface area contributed by atoms with Crippen molar-refractivity contribution in [3.8, 4) is 0 Å². The van der Waals surface area contributed by atoms with Crippen molar-refractivity contribution < 1.29 is 4.39 Å². The molecule has 0 atom stereocenters. The normalized spacial score (nSPS) is 10.7. The van der Waals surface area contributed by atoms with Crippen LogP contribution in [0, 0.1) is 12.7 Å². The Bertz CT molecular complexity index is 660. The van der Waals surface area contributed by atoms with Crippen molar-refractivity contribution in [2.75, 3.05) is 22.9 Å². The van der Waals surface area contributed by atoms with Crippen LogP contribution in [0.3, 0.4) is 0 Å². The number of aryl methyl sites for hydroxylation is 1. The molecular formula is C15H18ClFN4. The molecule has 4 N–H and O–H groups in total. The summed E-state index contributed by atoms with van der Waals surface area (Å²) >= 11 is 5.89. The predicted molar refractivity (Wildman–Crippen MR) is 85.9 cm³/mol. The molecule has 4 nitrogen and oxygen atoms in total. The Hall–Kier alpha value is -2.01. The van der Waals surface area contributed by atoms with Crippen LogP contribution in [0.15, 0.2) is 24.3 Å². The van der Waals surface area contributed by atoms with Crippen LogP contribution in [0.5, 0.6) is 0 Å². The molecule has 1 aromatic heterocycles. The number of benzene rings is 1. The molecule has 0 aliphatic rings. The van der Waals surface area contributed by atoms with Gasteiger partial charge in [0.15, 0.2) is 5.82 Å². The van der Waals surface area contributed by atoms with Gasteiger partial charge in [-0.1, -0.05) is 17.7 Å². The van der Waals surface area contributed by atoms with E-state index < -0.39 is 5.82 Å². The van der Waals surface area contributed by atoms with Gasteiger partial charge >= 0.3 is 0 Å². The molecule has 0 aliphatic carbocycles. The first-order valence-corrected chi connectivity index (χ1v) is 7.02. The van der Waals surface area contributed by atoms with Gasteiger partial charge in [-0.3, -0.25) is 4.98 Å². The molecule has 2 aromatic rings. The van der Waals surface area contributed by atoms with E-state index in [1.807, 2.05) is 32.0 Å². The summed E-state index contributed by atoms with van der Waals surface area (Å²) < 4.78 is 14.4. The molecule has 21 heavy (non-hydrogen) atoms. The Kier molecular flexibility index (Phi) is 4.53. The van der Waals surface area contributed by atoms with Gasteiger partial charge in [0.25, 0.3) is 0 Å². The summed E-state index contributed by atoms with van der Waals surface area (Å²) in [5, 5.41) is -0.102. The second-order valence-corrected chi connectivity index (χ2v) is 5.19. The van der Waals surface area contributed by atoms with Crippen LogP contribution in [-0.2, 0) is 6.54 Å². The van der Waals surface area contributed by atoms with Gasteiger partial charge in [-0.25, -0.2) is 4.39 Å². The maximum absolute atomic E-state index is 14.4. The number of nitrogen functional groups attached to an aromatic ring is 2. The van der Waals surface area contributed by atoms with E-state index in [2.05, 4.69) is 4.98 Å². The van der Waals surface area contributed by atoms with Crippen LogP contribution in [0.25, 0.3) is 0 Å². The third-order valence-electron chi connectivity index (χ3n) is 3.24. The number of rotatable bonds is 4. The molecule has 2 rings (SSSR count). The minimum Gasteiger partial charge on any atom is -0.397 e. The zero-order valence-corrected chi connectivity index (χ0v) is 12.8. The molecule has 0 amide bonds. The Morgan fingerprint density at radius 3 is 2.62 bits per heavy atom. The van der Waals surface area contributed by atoms with Gasteiger partial charge in [-0.2, -0.15) is 0 Å². The lowest BCUT2D eigenvalue weighted by atomic mass is 10.2. The minimum absolute atomic E-state index is 0.102. The minimum atomic E-state index is -0.594. The molecule has 1 heterocycles. The van der Waals surface area contributed by atoms with E-state index in [0.717, 1.165) is 11.4 Å². The Balaban J connectivity index is 2.40. The molecule has 0 bridgehead atoms. The number of pyridine rings is 1.